The van der Waals surface area contributed by atoms with E-state index in [-0.39, 0.29) is 14.7 Å². The number of hydrazone groups is 1. The highest BCUT2D eigenvalue weighted by Crippen LogP contribution is 2.20. The number of nitrogens with one attached hydrogen (secondary N) is 1. The molecule has 0 aliphatic rings. The number of furan rings is 1. The average Bonchev–Trinajstić information content (AvgIpc) is 3.15. The van der Waals surface area contributed by atoms with Crippen molar-refractivity contribution in [1.82, 2.24) is 15.2 Å². The van der Waals surface area contributed by atoms with E-state index >= 15 is 0 Å². The van der Waals surface area contributed by atoms with Gasteiger partial charge in [0.25, 0.3) is 0 Å². The summed E-state index contributed by atoms with van der Waals surface area (Å²) in [5.74, 6) is -1.17. The van der Waals surface area contributed by atoms with Crippen molar-refractivity contribution in [3.63, 3.8) is 0 Å². The monoisotopic (exact) mass is 506 g/mol. The Bertz CT molecular complexity index is 917. The van der Waals surface area contributed by atoms with E-state index < -0.39 is 11.9 Å². The van der Waals surface area contributed by atoms with Crippen LogP contribution < -0.4 is 5.43 Å². The third-order valence-electron chi connectivity index (χ3n) is 3.23. The first-order chi connectivity index (χ1) is 12.2. The molecule has 0 aliphatic heterocycles. The summed E-state index contributed by atoms with van der Waals surface area (Å²) in [6, 6.07) is 3.16. The number of aromatic nitrogens is 2. The number of aryl methyl sites for hydroxylation is 1. The summed E-state index contributed by atoms with van der Waals surface area (Å²) < 4.78 is 7.20. The second-order valence-electron chi connectivity index (χ2n) is 5.07. The highest BCUT2D eigenvalue weighted by molar-refractivity contribution is 9.14. The van der Waals surface area contributed by atoms with Gasteiger partial charge < -0.3 is 9.52 Å². The molecule has 0 bridgehead atoms. The van der Waals surface area contributed by atoms with Crippen molar-refractivity contribution in [2.75, 3.05) is 0 Å². The maximum Gasteiger partial charge on any atom is 0.344 e. The number of carboxylic acid groups (broad SMARTS) is 1. The van der Waals surface area contributed by atoms with Crippen LogP contribution in [-0.2, 0) is 11.3 Å². The molecule has 2 aromatic heterocycles. The normalized spacial score (nSPS) is 12.3. The number of carboxylic acids is 1. The fourth-order valence-electron chi connectivity index (χ4n) is 1.92. The molecule has 1 amide bonds. The van der Waals surface area contributed by atoms with Crippen LogP contribution in [0.4, 0.5) is 0 Å². The Hall–Kier alpha value is -1.91. The maximum absolute atomic E-state index is 12.0. The molecular formula is C15H13Br2ClN4O4. The predicted octanol–water partition coefficient (Wildman–Crippen LogP) is 3.60. The van der Waals surface area contributed by atoms with Gasteiger partial charge in [0.2, 0.25) is 0 Å². The zero-order chi connectivity index (χ0) is 19.4. The number of hydrogen-bond acceptors (Lipinski definition) is 5. The second kappa shape index (κ2) is 8.65. The van der Waals surface area contributed by atoms with Gasteiger partial charge in [0.1, 0.15) is 10.2 Å². The standard InChI is InChI=1S/C15H13Br2ClN4O4/c1-7-13(18)8(2)22(21-7)6-9-3-4-11(26-9)14(23)20-19-5-10(16)12(17)15(24)25/h3-5H,6H2,1-2H3,(H,20,23)(H,24,25)/b12-10+,19-5+. The number of carbonyl (C=O) groups is 2. The lowest BCUT2D eigenvalue weighted by Crippen LogP contribution is -2.16. The van der Waals surface area contributed by atoms with E-state index in [1.807, 2.05) is 6.92 Å². The smallest absolute Gasteiger partial charge is 0.344 e. The first kappa shape index (κ1) is 20.4. The summed E-state index contributed by atoms with van der Waals surface area (Å²) in [5, 5.41) is 17.3. The van der Waals surface area contributed by atoms with E-state index in [2.05, 4.69) is 47.5 Å². The van der Waals surface area contributed by atoms with Crippen LogP contribution in [0.3, 0.4) is 0 Å². The molecule has 138 valence electrons. The fourth-order valence-corrected chi connectivity index (χ4v) is 2.43. The van der Waals surface area contributed by atoms with E-state index in [4.69, 9.17) is 21.1 Å². The molecule has 0 saturated heterocycles. The maximum atomic E-state index is 12.0. The van der Waals surface area contributed by atoms with Crippen LogP contribution in [0.1, 0.15) is 27.7 Å². The van der Waals surface area contributed by atoms with Gasteiger partial charge in [-0.25, -0.2) is 10.2 Å². The topological polar surface area (TPSA) is 110 Å². The van der Waals surface area contributed by atoms with Gasteiger partial charge in [-0.3, -0.25) is 9.48 Å². The highest BCUT2D eigenvalue weighted by Gasteiger charge is 2.14. The van der Waals surface area contributed by atoms with Crippen LogP contribution in [0.2, 0.25) is 5.02 Å². The lowest BCUT2D eigenvalue weighted by atomic mass is 10.4. The van der Waals surface area contributed by atoms with Gasteiger partial charge in [0.05, 0.1) is 33.7 Å². The van der Waals surface area contributed by atoms with Crippen LogP contribution in [-0.4, -0.2) is 33.0 Å². The summed E-state index contributed by atoms with van der Waals surface area (Å²) in [5.41, 5.74) is 3.76. The Morgan fingerprint density at radius 2 is 2.12 bits per heavy atom. The molecule has 2 rings (SSSR count). The van der Waals surface area contributed by atoms with E-state index in [1.165, 1.54) is 6.07 Å². The van der Waals surface area contributed by atoms with Crippen molar-refractivity contribution >= 4 is 61.6 Å². The molecule has 11 heteroatoms. The van der Waals surface area contributed by atoms with Gasteiger partial charge in [-0.1, -0.05) is 11.6 Å². The van der Waals surface area contributed by atoms with Crippen LogP contribution >= 0.6 is 43.5 Å². The van der Waals surface area contributed by atoms with E-state index in [0.717, 1.165) is 11.9 Å². The van der Waals surface area contributed by atoms with Gasteiger partial charge in [0.15, 0.2) is 5.76 Å². The minimum absolute atomic E-state index is 0.0576. The summed E-state index contributed by atoms with van der Waals surface area (Å²) in [6.07, 6.45) is 1.14. The van der Waals surface area contributed by atoms with Crippen molar-refractivity contribution in [3.05, 3.63) is 49.0 Å². The number of rotatable bonds is 6. The summed E-state index contributed by atoms with van der Waals surface area (Å²) >= 11 is 12.0. The van der Waals surface area contributed by atoms with E-state index in [0.29, 0.717) is 23.0 Å². The van der Waals surface area contributed by atoms with Gasteiger partial charge >= 0.3 is 11.9 Å². The first-order valence-electron chi connectivity index (χ1n) is 7.11. The molecule has 0 fully saturated rings. The third-order valence-corrected chi connectivity index (χ3v) is 5.67. The number of carbonyl (C=O) groups excluding carboxylic acids is 1. The molecule has 0 aliphatic carbocycles. The third kappa shape index (κ3) is 4.83. The van der Waals surface area contributed by atoms with Gasteiger partial charge in [-0.05, 0) is 57.8 Å². The SMILES string of the molecule is Cc1nn(Cc2ccc(C(=O)N/N=C/C(Br)=C(\Br)C(=O)O)o2)c(C)c1Cl. The van der Waals surface area contributed by atoms with Crippen LogP contribution in [0.5, 0.6) is 0 Å². The molecule has 2 aromatic rings. The summed E-state index contributed by atoms with van der Waals surface area (Å²) in [7, 11) is 0. The summed E-state index contributed by atoms with van der Waals surface area (Å²) in [4.78, 5) is 22.7. The molecule has 0 atom stereocenters. The van der Waals surface area contributed by atoms with Crippen molar-refractivity contribution < 1.29 is 19.1 Å². The second-order valence-corrected chi connectivity index (χ2v) is 7.10. The average molecular weight is 509 g/mol. The molecule has 0 radical (unpaired) electrons. The minimum atomic E-state index is -1.17. The molecular weight excluding hydrogens is 495 g/mol. The van der Waals surface area contributed by atoms with E-state index in [1.54, 1.807) is 17.7 Å². The van der Waals surface area contributed by atoms with Crippen LogP contribution in [0.25, 0.3) is 0 Å². The Labute approximate surface area is 170 Å². The van der Waals surface area contributed by atoms with Crippen molar-refractivity contribution in [2.45, 2.75) is 20.4 Å². The Morgan fingerprint density at radius 3 is 2.69 bits per heavy atom. The predicted molar refractivity (Wildman–Crippen MR) is 103 cm³/mol. The van der Waals surface area contributed by atoms with Gasteiger partial charge in [-0.15, -0.1) is 0 Å². The lowest BCUT2D eigenvalue weighted by molar-refractivity contribution is -0.131. The molecule has 26 heavy (non-hydrogen) atoms. The van der Waals surface area contributed by atoms with Gasteiger partial charge in [-0.2, -0.15) is 10.2 Å². The largest absolute Gasteiger partial charge is 0.477 e. The number of hydrogen-bond donors (Lipinski definition) is 2. The minimum Gasteiger partial charge on any atom is -0.477 e. The Morgan fingerprint density at radius 1 is 1.42 bits per heavy atom. The van der Waals surface area contributed by atoms with Crippen molar-refractivity contribution in [2.24, 2.45) is 5.10 Å². The molecule has 8 nitrogen and oxygen atoms in total. The molecule has 0 spiro atoms. The molecule has 0 unspecified atom stereocenters. The number of nitrogens with zero attached hydrogens (tertiary/aromatic N) is 3. The number of allylic oxidation sites excluding steroid dienone is 1. The first-order valence-corrected chi connectivity index (χ1v) is 9.07. The number of amides is 1. The number of aliphatic carboxylic acids is 1. The van der Waals surface area contributed by atoms with Crippen molar-refractivity contribution in [3.8, 4) is 0 Å². The lowest BCUT2D eigenvalue weighted by Gasteiger charge is -2.01. The molecule has 0 saturated carbocycles. The van der Waals surface area contributed by atoms with Gasteiger partial charge in [0, 0.05) is 0 Å². The summed E-state index contributed by atoms with van der Waals surface area (Å²) in [6.45, 7) is 3.98. The molecule has 2 N–H and O–H groups in total. The quantitative estimate of drug-likeness (QED) is 0.352. The molecule has 0 aromatic carbocycles. The Kier molecular flexibility index (Phi) is 6.79. The fraction of sp³-hybridized carbons (Fsp3) is 0.200. The Balaban J connectivity index is 2.03. The van der Waals surface area contributed by atoms with Crippen LogP contribution in [0, 0.1) is 13.8 Å². The van der Waals surface area contributed by atoms with Crippen LogP contribution in [0.15, 0.2) is 30.6 Å². The van der Waals surface area contributed by atoms with E-state index in [9.17, 15) is 9.59 Å². The van der Waals surface area contributed by atoms with Crippen molar-refractivity contribution in [1.29, 1.82) is 0 Å². The number of halogens is 3. The zero-order valence-electron chi connectivity index (χ0n) is 13.6. The molecule has 2 heterocycles. The zero-order valence-corrected chi connectivity index (χ0v) is 17.5. The highest BCUT2D eigenvalue weighted by atomic mass is 79.9.